The van der Waals surface area contributed by atoms with E-state index in [1.807, 2.05) is 0 Å². The Hall–Kier alpha value is -3.54. The lowest BCUT2D eigenvalue weighted by Crippen LogP contribution is -2.26. The molecule has 0 radical (unpaired) electrons. The van der Waals surface area contributed by atoms with Crippen molar-refractivity contribution in [1.82, 2.24) is 9.97 Å². The van der Waals surface area contributed by atoms with Gasteiger partial charge in [-0.05, 0) is 48.5 Å². The Morgan fingerprint density at radius 1 is 0.708 bits per heavy atom. The molecule has 6 nitrogen and oxygen atoms in total. The van der Waals surface area contributed by atoms with Crippen LogP contribution in [0.2, 0.25) is 0 Å². The normalized spacial score (nSPS) is 10.2. The highest BCUT2D eigenvalue weighted by atomic mass is 16.2. The summed E-state index contributed by atoms with van der Waals surface area (Å²) in [6, 6.07) is 13.2. The molecule has 0 aliphatic heterocycles. The third kappa shape index (κ3) is 3.12. The molecule has 2 heterocycles. The minimum Gasteiger partial charge on any atom is -0.366 e. The molecule has 2 amide bonds. The van der Waals surface area contributed by atoms with Crippen LogP contribution in [0.1, 0.15) is 20.7 Å². The summed E-state index contributed by atoms with van der Waals surface area (Å²) >= 11 is 0. The predicted molar refractivity (Wildman–Crippen MR) is 89.9 cm³/mol. The summed E-state index contributed by atoms with van der Waals surface area (Å²) < 4.78 is 0. The van der Waals surface area contributed by atoms with E-state index in [2.05, 4.69) is 9.97 Å². The van der Waals surface area contributed by atoms with E-state index in [0.717, 1.165) is 0 Å². The van der Waals surface area contributed by atoms with Gasteiger partial charge in [0.1, 0.15) is 0 Å². The van der Waals surface area contributed by atoms with Crippen LogP contribution in [0.5, 0.6) is 0 Å². The van der Waals surface area contributed by atoms with Crippen LogP contribution in [0.3, 0.4) is 0 Å². The van der Waals surface area contributed by atoms with Crippen molar-refractivity contribution in [3.63, 3.8) is 0 Å². The summed E-state index contributed by atoms with van der Waals surface area (Å²) in [6.45, 7) is 0. The molecule has 118 valence electrons. The third-order valence-electron chi connectivity index (χ3n) is 3.46. The molecular formula is C18H14N4O2. The monoisotopic (exact) mass is 318 g/mol. The Kier molecular flexibility index (Phi) is 4.29. The van der Waals surface area contributed by atoms with Crippen LogP contribution in [0, 0.1) is 0 Å². The van der Waals surface area contributed by atoms with E-state index in [-0.39, 0.29) is 5.91 Å². The lowest BCUT2D eigenvalue weighted by Gasteiger charge is -2.22. The number of amides is 2. The van der Waals surface area contributed by atoms with Crippen molar-refractivity contribution in [1.29, 1.82) is 0 Å². The maximum atomic E-state index is 13.0. The average molecular weight is 318 g/mol. The van der Waals surface area contributed by atoms with E-state index in [0.29, 0.717) is 22.5 Å². The largest absolute Gasteiger partial charge is 0.366 e. The third-order valence-corrected chi connectivity index (χ3v) is 3.46. The molecule has 0 saturated heterocycles. The minimum absolute atomic E-state index is 0.233. The van der Waals surface area contributed by atoms with Gasteiger partial charge in [-0.2, -0.15) is 0 Å². The summed E-state index contributed by atoms with van der Waals surface area (Å²) in [4.78, 5) is 33.7. The number of aromatic nitrogens is 2. The van der Waals surface area contributed by atoms with Crippen LogP contribution in [0.25, 0.3) is 0 Å². The highest BCUT2D eigenvalue weighted by molar-refractivity contribution is 6.11. The van der Waals surface area contributed by atoms with Crippen LogP contribution in [-0.4, -0.2) is 21.8 Å². The second-order valence-electron chi connectivity index (χ2n) is 4.99. The maximum Gasteiger partial charge on any atom is 0.262 e. The molecular weight excluding hydrogens is 304 g/mol. The number of anilines is 2. The van der Waals surface area contributed by atoms with Gasteiger partial charge in [0.25, 0.3) is 5.91 Å². The van der Waals surface area contributed by atoms with Crippen LogP contribution < -0.4 is 10.6 Å². The summed E-state index contributed by atoms with van der Waals surface area (Å²) in [7, 11) is 0. The number of benzene rings is 1. The Balaban J connectivity index is 2.02. The van der Waals surface area contributed by atoms with Gasteiger partial charge in [0.2, 0.25) is 5.91 Å². The Morgan fingerprint density at radius 3 is 1.54 bits per heavy atom. The molecule has 3 aromatic rings. The van der Waals surface area contributed by atoms with E-state index in [1.54, 1.807) is 66.1 Å². The summed E-state index contributed by atoms with van der Waals surface area (Å²) in [5.41, 5.74) is 7.39. The summed E-state index contributed by atoms with van der Waals surface area (Å²) in [6.07, 6.45) is 6.47. The van der Waals surface area contributed by atoms with Crippen molar-refractivity contribution in [2.24, 2.45) is 5.73 Å². The molecule has 0 bridgehead atoms. The lowest BCUT2D eigenvalue weighted by atomic mass is 10.1. The molecule has 6 heteroatoms. The molecule has 0 aliphatic rings. The van der Waals surface area contributed by atoms with E-state index >= 15 is 0 Å². The van der Waals surface area contributed by atoms with Gasteiger partial charge in [0.05, 0.1) is 11.4 Å². The first-order valence-electron chi connectivity index (χ1n) is 7.21. The number of pyridine rings is 2. The quantitative estimate of drug-likeness (QED) is 0.800. The molecule has 0 atom stereocenters. The summed E-state index contributed by atoms with van der Waals surface area (Å²) in [5, 5.41) is 0. The van der Waals surface area contributed by atoms with Crippen molar-refractivity contribution < 1.29 is 9.59 Å². The number of carbonyl (C=O) groups excluding carboxylic acids is 2. The van der Waals surface area contributed by atoms with E-state index in [1.165, 1.54) is 12.1 Å². The molecule has 0 saturated carbocycles. The predicted octanol–water partition coefficient (Wildman–Crippen LogP) is 2.55. The van der Waals surface area contributed by atoms with Gasteiger partial charge < -0.3 is 5.73 Å². The standard InChI is InChI=1S/C18H14N4O2/c19-17(23)13-1-3-14(4-2-13)18(24)22(15-5-9-20-10-6-15)16-7-11-21-12-8-16/h1-12H,(H2,19,23). The number of hydrogen-bond donors (Lipinski definition) is 1. The van der Waals surface area contributed by atoms with Crippen molar-refractivity contribution in [2.45, 2.75) is 0 Å². The van der Waals surface area contributed by atoms with Gasteiger partial charge in [0.15, 0.2) is 0 Å². The van der Waals surface area contributed by atoms with Crippen molar-refractivity contribution in [2.75, 3.05) is 4.90 Å². The van der Waals surface area contributed by atoms with Crippen LogP contribution in [0.4, 0.5) is 11.4 Å². The average Bonchev–Trinajstić information content (AvgIpc) is 2.64. The van der Waals surface area contributed by atoms with Gasteiger partial charge in [-0.25, -0.2) is 0 Å². The fraction of sp³-hybridized carbons (Fsp3) is 0. The Bertz CT molecular complexity index is 810. The smallest absolute Gasteiger partial charge is 0.262 e. The Labute approximate surface area is 138 Å². The van der Waals surface area contributed by atoms with Gasteiger partial charge in [-0.3, -0.25) is 24.5 Å². The topological polar surface area (TPSA) is 89.2 Å². The molecule has 3 rings (SSSR count). The Morgan fingerprint density at radius 2 is 1.12 bits per heavy atom. The zero-order chi connectivity index (χ0) is 16.9. The van der Waals surface area contributed by atoms with Crippen LogP contribution in [-0.2, 0) is 0 Å². The van der Waals surface area contributed by atoms with Crippen LogP contribution >= 0.6 is 0 Å². The maximum absolute atomic E-state index is 13.0. The first-order valence-corrected chi connectivity index (χ1v) is 7.21. The highest BCUT2D eigenvalue weighted by Crippen LogP contribution is 2.26. The highest BCUT2D eigenvalue weighted by Gasteiger charge is 2.20. The van der Waals surface area contributed by atoms with Crippen molar-refractivity contribution in [3.8, 4) is 0 Å². The van der Waals surface area contributed by atoms with Gasteiger partial charge in [-0.1, -0.05) is 0 Å². The summed E-state index contributed by atoms with van der Waals surface area (Å²) in [5.74, 6) is -0.766. The van der Waals surface area contributed by atoms with E-state index in [9.17, 15) is 9.59 Å². The van der Waals surface area contributed by atoms with Crippen molar-refractivity contribution in [3.05, 3.63) is 84.4 Å². The fourth-order valence-electron chi connectivity index (χ4n) is 2.28. The molecule has 0 aliphatic carbocycles. The molecule has 2 N–H and O–H groups in total. The molecule has 0 fully saturated rings. The first-order chi connectivity index (χ1) is 11.7. The molecule has 1 aromatic carbocycles. The van der Waals surface area contributed by atoms with E-state index < -0.39 is 5.91 Å². The molecule has 24 heavy (non-hydrogen) atoms. The second-order valence-corrected chi connectivity index (χ2v) is 4.99. The zero-order valence-electron chi connectivity index (χ0n) is 12.7. The van der Waals surface area contributed by atoms with Gasteiger partial charge in [-0.15, -0.1) is 0 Å². The number of carbonyl (C=O) groups is 2. The van der Waals surface area contributed by atoms with E-state index in [4.69, 9.17) is 5.73 Å². The first kappa shape index (κ1) is 15.4. The number of nitrogens with zero attached hydrogens (tertiary/aromatic N) is 3. The molecule has 0 spiro atoms. The number of primary amides is 1. The van der Waals surface area contributed by atoms with Gasteiger partial charge >= 0.3 is 0 Å². The number of nitrogens with two attached hydrogens (primary N) is 1. The van der Waals surface area contributed by atoms with Gasteiger partial charge in [0, 0.05) is 35.9 Å². The zero-order valence-corrected chi connectivity index (χ0v) is 12.7. The molecule has 0 unspecified atom stereocenters. The number of hydrogen-bond acceptors (Lipinski definition) is 4. The minimum atomic E-state index is -0.533. The number of rotatable bonds is 4. The SMILES string of the molecule is NC(=O)c1ccc(C(=O)N(c2ccncc2)c2ccncc2)cc1. The lowest BCUT2D eigenvalue weighted by molar-refractivity contribution is 0.0988. The molecule has 2 aromatic heterocycles. The van der Waals surface area contributed by atoms with Crippen molar-refractivity contribution >= 4 is 23.2 Å². The second kappa shape index (κ2) is 6.70. The fourth-order valence-corrected chi connectivity index (χ4v) is 2.28. The van der Waals surface area contributed by atoms with Crippen LogP contribution in [0.15, 0.2) is 73.3 Å².